The van der Waals surface area contributed by atoms with Crippen LogP contribution in [-0.4, -0.2) is 0 Å². The number of rotatable bonds is 7. The van der Waals surface area contributed by atoms with E-state index in [9.17, 15) is 0 Å². The van der Waals surface area contributed by atoms with Gasteiger partial charge < -0.3 is 14.2 Å². The zero-order valence-corrected chi connectivity index (χ0v) is 31.7. The molecule has 3 nitrogen and oxygen atoms in total. The molecule has 10 aromatic rings. The van der Waals surface area contributed by atoms with E-state index in [1.54, 1.807) is 0 Å². The fraction of sp³-hybridized carbons (Fsp3) is 0.0182. The van der Waals surface area contributed by atoms with Crippen LogP contribution < -0.4 is 9.80 Å². The molecule has 9 aromatic carbocycles. The fourth-order valence-corrected chi connectivity index (χ4v) is 9.22. The quantitative estimate of drug-likeness (QED) is 0.162. The first kappa shape index (κ1) is 33.7. The molecule has 3 heteroatoms. The third kappa shape index (κ3) is 5.28. The van der Waals surface area contributed by atoms with Crippen molar-refractivity contribution >= 4 is 56.1 Å². The lowest BCUT2D eigenvalue weighted by Crippen LogP contribution is -2.37. The molecule has 11 rings (SSSR count). The fourth-order valence-electron chi connectivity index (χ4n) is 9.22. The van der Waals surface area contributed by atoms with Gasteiger partial charge in [-0.1, -0.05) is 164 Å². The molecule has 0 unspecified atom stereocenters. The molecule has 0 N–H and O–H groups in total. The predicted molar refractivity (Wildman–Crippen MR) is 240 cm³/mol. The topological polar surface area (TPSA) is 19.6 Å². The Morgan fingerprint density at radius 2 is 0.828 bits per heavy atom. The second kappa shape index (κ2) is 13.8. The highest BCUT2D eigenvalue weighted by molar-refractivity contribution is 6.07. The molecule has 0 aliphatic carbocycles. The minimum absolute atomic E-state index is 0.659. The van der Waals surface area contributed by atoms with Crippen molar-refractivity contribution in [1.29, 1.82) is 0 Å². The normalized spacial score (nSPS) is 12.9. The Kier molecular flexibility index (Phi) is 8.04. The zero-order valence-electron chi connectivity index (χ0n) is 31.7. The molecule has 274 valence electrons. The van der Waals surface area contributed by atoms with Crippen molar-refractivity contribution in [3.05, 3.63) is 253 Å². The molecule has 2 heterocycles. The van der Waals surface area contributed by atoms with Crippen LogP contribution in [-0.2, 0) is 5.41 Å². The summed E-state index contributed by atoms with van der Waals surface area (Å²) >= 11 is 0. The van der Waals surface area contributed by atoms with Gasteiger partial charge >= 0.3 is 0 Å². The molecule has 1 aliphatic heterocycles. The van der Waals surface area contributed by atoms with E-state index < -0.39 is 5.41 Å². The largest absolute Gasteiger partial charge is 0.456 e. The van der Waals surface area contributed by atoms with Crippen LogP contribution in [0.5, 0.6) is 0 Å². The maximum atomic E-state index is 6.83. The van der Waals surface area contributed by atoms with Crippen LogP contribution in [0.15, 0.2) is 235 Å². The molecule has 0 fully saturated rings. The van der Waals surface area contributed by atoms with Gasteiger partial charge in [-0.3, -0.25) is 0 Å². The van der Waals surface area contributed by atoms with Gasteiger partial charge in [0, 0.05) is 39.1 Å². The number of furan rings is 1. The van der Waals surface area contributed by atoms with Gasteiger partial charge in [-0.05, 0) is 94.5 Å². The Bertz CT molecular complexity index is 2960. The summed E-state index contributed by atoms with van der Waals surface area (Å²) in [5.41, 5.74) is 14.9. The third-order valence-electron chi connectivity index (χ3n) is 11.7. The molecule has 0 saturated carbocycles. The molecule has 58 heavy (non-hydrogen) atoms. The smallest absolute Gasteiger partial charge is 0.140 e. The van der Waals surface area contributed by atoms with Crippen LogP contribution in [0.2, 0.25) is 0 Å². The van der Waals surface area contributed by atoms with Crippen molar-refractivity contribution in [2.75, 3.05) is 9.80 Å². The lowest BCUT2D eigenvalue weighted by Gasteiger charge is -2.46. The molecule has 0 amide bonds. The summed E-state index contributed by atoms with van der Waals surface area (Å²) in [6.07, 6.45) is 0. The van der Waals surface area contributed by atoms with Crippen LogP contribution in [0.3, 0.4) is 0 Å². The first-order valence-electron chi connectivity index (χ1n) is 19.9. The Labute approximate surface area is 338 Å². The summed E-state index contributed by atoms with van der Waals surface area (Å²) in [5, 5.41) is 2.25. The van der Waals surface area contributed by atoms with Crippen molar-refractivity contribution < 1.29 is 4.42 Å². The minimum atomic E-state index is -0.659. The van der Waals surface area contributed by atoms with E-state index in [0.29, 0.717) is 0 Å². The van der Waals surface area contributed by atoms with Crippen LogP contribution in [0.1, 0.15) is 22.3 Å². The van der Waals surface area contributed by atoms with E-state index in [0.717, 1.165) is 72.8 Å². The summed E-state index contributed by atoms with van der Waals surface area (Å²) in [5.74, 6) is 0. The van der Waals surface area contributed by atoms with Crippen molar-refractivity contribution in [3.8, 4) is 11.1 Å². The number of fused-ring (bicyclic) bond motifs is 5. The van der Waals surface area contributed by atoms with Gasteiger partial charge in [-0.2, -0.15) is 0 Å². The molecular formula is C55H38N2O. The molecule has 1 aliphatic rings. The van der Waals surface area contributed by atoms with Crippen LogP contribution in [0, 0.1) is 0 Å². The van der Waals surface area contributed by atoms with Gasteiger partial charge in [0.05, 0.1) is 16.8 Å². The second-order valence-electron chi connectivity index (χ2n) is 14.9. The van der Waals surface area contributed by atoms with Crippen LogP contribution in [0.25, 0.3) is 33.1 Å². The second-order valence-corrected chi connectivity index (χ2v) is 14.9. The van der Waals surface area contributed by atoms with E-state index in [1.807, 2.05) is 6.07 Å². The highest BCUT2D eigenvalue weighted by Crippen LogP contribution is 2.59. The van der Waals surface area contributed by atoms with E-state index in [4.69, 9.17) is 4.42 Å². The Hall–Kier alpha value is -7.62. The molecule has 0 atom stereocenters. The van der Waals surface area contributed by atoms with E-state index in [1.165, 1.54) is 16.7 Å². The molecule has 1 aromatic heterocycles. The van der Waals surface area contributed by atoms with Crippen LogP contribution in [0.4, 0.5) is 34.1 Å². The Morgan fingerprint density at radius 3 is 1.45 bits per heavy atom. The standard InChI is InChI=1S/C55H38N2O/c1-4-17-41(18-5-1)55(50-27-16-24-47-46-23-10-15-30-53(46)58-54(47)50)48-25-11-13-28-51(48)57(52-29-14-12-26-49(52)55)45-37-33-40(34-38-45)39-31-35-44(36-32-39)56(42-19-6-2-7-20-42)43-21-8-3-9-22-43/h1-38H. The van der Waals surface area contributed by atoms with Crippen LogP contribution >= 0.6 is 0 Å². The average molecular weight is 743 g/mol. The number of benzene rings is 9. The number of hydrogen-bond acceptors (Lipinski definition) is 3. The first-order valence-corrected chi connectivity index (χ1v) is 19.9. The Balaban J connectivity index is 1.03. The summed E-state index contributed by atoms with van der Waals surface area (Å²) < 4.78 is 6.83. The SMILES string of the molecule is c1ccc(N(c2ccccc2)c2ccc(-c3ccc(N4c5ccccc5C(c5ccccc5)(c5cccc6c5oc5ccccc56)c5ccccc54)cc3)cc2)cc1. The van der Waals surface area contributed by atoms with Crippen molar-refractivity contribution in [3.63, 3.8) is 0 Å². The van der Waals surface area contributed by atoms with E-state index in [-0.39, 0.29) is 0 Å². The minimum Gasteiger partial charge on any atom is -0.456 e. The van der Waals surface area contributed by atoms with Crippen molar-refractivity contribution in [2.24, 2.45) is 0 Å². The molecular weight excluding hydrogens is 705 g/mol. The number of anilines is 6. The highest BCUT2D eigenvalue weighted by atomic mass is 16.3. The van der Waals surface area contributed by atoms with Crippen molar-refractivity contribution in [1.82, 2.24) is 0 Å². The maximum Gasteiger partial charge on any atom is 0.140 e. The number of para-hydroxylation sites is 6. The van der Waals surface area contributed by atoms with Gasteiger partial charge in [0.25, 0.3) is 0 Å². The van der Waals surface area contributed by atoms with Gasteiger partial charge in [-0.25, -0.2) is 0 Å². The van der Waals surface area contributed by atoms with E-state index in [2.05, 4.69) is 234 Å². The summed E-state index contributed by atoms with van der Waals surface area (Å²) in [7, 11) is 0. The molecule has 0 saturated heterocycles. The third-order valence-corrected chi connectivity index (χ3v) is 11.7. The lowest BCUT2D eigenvalue weighted by molar-refractivity contribution is 0.643. The lowest BCUT2D eigenvalue weighted by atomic mass is 9.62. The van der Waals surface area contributed by atoms with Crippen molar-refractivity contribution in [2.45, 2.75) is 5.41 Å². The van der Waals surface area contributed by atoms with E-state index >= 15 is 0 Å². The van der Waals surface area contributed by atoms with Gasteiger partial charge in [0.15, 0.2) is 0 Å². The maximum absolute atomic E-state index is 6.83. The number of nitrogens with zero attached hydrogens (tertiary/aromatic N) is 2. The monoisotopic (exact) mass is 742 g/mol. The molecule has 0 bridgehead atoms. The highest BCUT2D eigenvalue weighted by Gasteiger charge is 2.47. The summed E-state index contributed by atoms with van der Waals surface area (Å²) in [6.45, 7) is 0. The summed E-state index contributed by atoms with van der Waals surface area (Å²) in [6, 6.07) is 82.7. The van der Waals surface area contributed by atoms with Gasteiger partial charge in [0.2, 0.25) is 0 Å². The number of hydrogen-bond donors (Lipinski definition) is 0. The first-order chi connectivity index (χ1) is 28.8. The predicted octanol–water partition coefficient (Wildman–Crippen LogP) is 14.9. The summed E-state index contributed by atoms with van der Waals surface area (Å²) in [4.78, 5) is 4.72. The molecule has 0 radical (unpaired) electrons. The Morgan fingerprint density at radius 1 is 0.362 bits per heavy atom. The zero-order chi connectivity index (χ0) is 38.5. The average Bonchev–Trinajstić information content (AvgIpc) is 3.69. The molecule has 0 spiro atoms. The van der Waals surface area contributed by atoms with Gasteiger partial charge in [-0.15, -0.1) is 0 Å². The van der Waals surface area contributed by atoms with Gasteiger partial charge in [0.1, 0.15) is 11.2 Å².